The molecule has 1 unspecified atom stereocenters. The number of nitrogens with two attached hydrogens (primary N) is 1. The van der Waals surface area contributed by atoms with Crippen LogP contribution in [0.3, 0.4) is 0 Å². The van der Waals surface area contributed by atoms with Crippen molar-refractivity contribution in [2.24, 2.45) is 11.0 Å². The van der Waals surface area contributed by atoms with Crippen LogP contribution in [0.2, 0.25) is 0 Å². The van der Waals surface area contributed by atoms with E-state index in [0.717, 1.165) is 36.5 Å². The number of nitrogens with one attached hydrogen (secondary N) is 1. The standard InChI is InChI=1S/C15H22ClN7O/c16-13-8-7-11-14(20-13)22(10-5-3-1-2-4-6-10)12(9-19-21-17)15(24)23(11)18/h7-8,10,12-13,20H,1-6,9,18H2/t12-,13?/m1/s1. The molecule has 2 aliphatic heterocycles. The van der Waals surface area contributed by atoms with Gasteiger partial charge in [0.25, 0.3) is 5.91 Å². The molecule has 3 rings (SSSR count). The summed E-state index contributed by atoms with van der Waals surface area (Å²) < 4.78 is 0. The first kappa shape index (κ1) is 17.0. The number of halogens is 1. The summed E-state index contributed by atoms with van der Waals surface area (Å²) in [5, 5.41) is 7.99. The molecule has 0 saturated heterocycles. The van der Waals surface area contributed by atoms with Crippen molar-refractivity contribution in [3.63, 3.8) is 0 Å². The Morgan fingerprint density at radius 2 is 2.08 bits per heavy atom. The number of carbonyl (C=O) groups excluding carboxylic acids is 1. The third-order valence-corrected chi connectivity index (χ3v) is 5.11. The lowest BCUT2D eigenvalue weighted by atomic mass is 10.0. The average Bonchev–Trinajstić information content (AvgIpc) is 2.85. The molecule has 0 radical (unpaired) electrons. The molecule has 3 N–H and O–H groups in total. The van der Waals surface area contributed by atoms with Crippen molar-refractivity contribution in [3.8, 4) is 0 Å². The highest BCUT2D eigenvalue weighted by molar-refractivity contribution is 6.21. The zero-order chi connectivity index (χ0) is 17.1. The Labute approximate surface area is 145 Å². The van der Waals surface area contributed by atoms with Crippen molar-refractivity contribution in [2.75, 3.05) is 6.54 Å². The van der Waals surface area contributed by atoms with E-state index < -0.39 is 6.04 Å². The minimum atomic E-state index is -0.601. The van der Waals surface area contributed by atoms with Gasteiger partial charge in [0.05, 0.1) is 6.54 Å². The molecular weight excluding hydrogens is 330 g/mol. The van der Waals surface area contributed by atoms with E-state index in [0.29, 0.717) is 5.70 Å². The summed E-state index contributed by atoms with van der Waals surface area (Å²) >= 11 is 6.22. The van der Waals surface area contributed by atoms with Crippen LogP contribution < -0.4 is 11.2 Å². The summed E-state index contributed by atoms with van der Waals surface area (Å²) in [7, 11) is 0. The lowest BCUT2D eigenvalue weighted by Crippen LogP contribution is -2.62. The number of allylic oxidation sites excluding steroid dienone is 1. The van der Waals surface area contributed by atoms with Crippen LogP contribution in [0.4, 0.5) is 0 Å². The lowest BCUT2D eigenvalue weighted by molar-refractivity contribution is -0.137. The van der Waals surface area contributed by atoms with Gasteiger partial charge >= 0.3 is 0 Å². The van der Waals surface area contributed by atoms with E-state index >= 15 is 0 Å². The smallest absolute Gasteiger partial charge is 0.264 e. The van der Waals surface area contributed by atoms with Crippen LogP contribution in [0.25, 0.3) is 10.4 Å². The number of hydrogen-bond donors (Lipinski definition) is 2. The van der Waals surface area contributed by atoms with Crippen molar-refractivity contribution in [1.29, 1.82) is 0 Å². The van der Waals surface area contributed by atoms with Gasteiger partial charge in [0.1, 0.15) is 23.1 Å². The van der Waals surface area contributed by atoms with Crippen molar-refractivity contribution >= 4 is 17.5 Å². The number of amides is 1. The lowest BCUT2D eigenvalue weighted by Gasteiger charge is -2.47. The minimum Gasteiger partial charge on any atom is -0.351 e. The predicted molar refractivity (Wildman–Crippen MR) is 91.1 cm³/mol. The zero-order valence-electron chi connectivity index (χ0n) is 13.4. The van der Waals surface area contributed by atoms with E-state index in [1.165, 1.54) is 12.8 Å². The molecule has 1 fully saturated rings. The van der Waals surface area contributed by atoms with E-state index in [2.05, 4.69) is 20.2 Å². The Balaban J connectivity index is 2.01. The fraction of sp³-hybridized carbons (Fsp3) is 0.667. The number of hydrogen-bond acceptors (Lipinski definition) is 5. The fourth-order valence-corrected chi connectivity index (χ4v) is 3.89. The first-order valence-corrected chi connectivity index (χ1v) is 8.78. The minimum absolute atomic E-state index is 0.0503. The monoisotopic (exact) mass is 351 g/mol. The predicted octanol–water partition coefficient (Wildman–Crippen LogP) is 2.30. The van der Waals surface area contributed by atoms with Crippen LogP contribution in [0.5, 0.6) is 0 Å². The van der Waals surface area contributed by atoms with E-state index in [1.807, 2.05) is 0 Å². The summed E-state index contributed by atoms with van der Waals surface area (Å²) in [6.45, 7) is 0.0503. The number of rotatable bonds is 3. The van der Waals surface area contributed by atoms with Crippen LogP contribution in [-0.4, -0.2) is 39.9 Å². The average molecular weight is 352 g/mol. The van der Waals surface area contributed by atoms with Gasteiger partial charge in [-0.25, -0.2) is 10.9 Å². The van der Waals surface area contributed by atoms with Gasteiger partial charge in [-0.05, 0) is 30.5 Å². The first-order chi connectivity index (χ1) is 11.6. The number of azide groups is 1. The Morgan fingerprint density at radius 3 is 2.75 bits per heavy atom. The third kappa shape index (κ3) is 3.17. The van der Waals surface area contributed by atoms with Gasteiger partial charge in [-0.2, -0.15) is 0 Å². The highest BCUT2D eigenvalue weighted by Gasteiger charge is 2.42. The van der Waals surface area contributed by atoms with Gasteiger partial charge in [-0.3, -0.25) is 4.79 Å². The molecular formula is C15H22ClN7O. The molecule has 0 aromatic carbocycles. The Hall–Kier alpha value is -1.89. The fourth-order valence-electron chi connectivity index (χ4n) is 3.72. The Bertz CT molecular complexity index is 605. The molecule has 1 amide bonds. The van der Waals surface area contributed by atoms with Crippen molar-refractivity contribution < 1.29 is 4.79 Å². The second kappa shape index (κ2) is 7.34. The molecule has 1 aliphatic carbocycles. The number of carbonyl (C=O) groups is 1. The maximum absolute atomic E-state index is 12.8. The first-order valence-electron chi connectivity index (χ1n) is 8.34. The topological polar surface area (TPSA) is 110 Å². The Morgan fingerprint density at radius 1 is 1.38 bits per heavy atom. The number of alkyl halides is 1. The zero-order valence-corrected chi connectivity index (χ0v) is 14.2. The molecule has 0 aromatic rings. The van der Waals surface area contributed by atoms with Crippen LogP contribution in [0.15, 0.2) is 28.8 Å². The van der Waals surface area contributed by atoms with E-state index in [1.54, 1.807) is 12.2 Å². The Kier molecular flexibility index (Phi) is 5.18. The molecule has 130 valence electrons. The molecule has 8 nitrogen and oxygen atoms in total. The summed E-state index contributed by atoms with van der Waals surface area (Å²) in [5.41, 5.74) is 8.94. The van der Waals surface area contributed by atoms with Crippen molar-refractivity contribution in [3.05, 3.63) is 34.1 Å². The molecule has 2 heterocycles. The van der Waals surface area contributed by atoms with Gasteiger partial charge in [-0.1, -0.05) is 42.4 Å². The van der Waals surface area contributed by atoms with Gasteiger partial charge in [0.2, 0.25) is 0 Å². The molecule has 24 heavy (non-hydrogen) atoms. The molecule has 3 aliphatic rings. The van der Waals surface area contributed by atoms with Crippen LogP contribution in [0, 0.1) is 0 Å². The van der Waals surface area contributed by atoms with Crippen LogP contribution >= 0.6 is 11.6 Å². The molecule has 0 spiro atoms. The van der Waals surface area contributed by atoms with Gasteiger partial charge in [0, 0.05) is 11.0 Å². The van der Waals surface area contributed by atoms with Crippen molar-refractivity contribution in [1.82, 2.24) is 15.2 Å². The molecule has 0 aromatic heterocycles. The highest BCUT2D eigenvalue weighted by atomic mass is 35.5. The molecule has 0 bridgehead atoms. The summed E-state index contributed by atoms with van der Waals surface area (Å²) in [4.78, 5) is 17.6. The molecule has 2 atom stereocenters. The summed E-state index contributed by atoms with van der Waals surface area (Å²) in [5.74, 6) is 6.49. The van der Waals surface area contributed by atoms with Gasteiger partial charge in [0.15, 0.2) is 0 Å². The van der Waals surface area contributed by atoms with Crippen LogP contribution in [0.1, 0.15) is 38.5 Å². The van der Waals surface area contributed by atoms with E-state index in [-0.39, 0.29) is 24.0 Å². The summed E-state index contributed by atoms with van der Waals surface area (Å²) in [6.07, 6.45) is 10.2. The van der Waals surface area contributed by atoms with Crippen molar-refractivity contribution in [2.45, 2.75) is 56.1 Å². The van der Waals surface area contributed by atoms with Crippen LogP contribution in [-0.2, 0) is 4.79 Å². The van der Waals surface area contributed by atoms with Gasteiger partial charge in [-0.15, -0.1) is 0 Å². The number of hydrazine groups is 1. The SMILES string of the molecule is [N-]=[N+]=NC[C@@H]1C(=O)N(N)C2=C(NC(Cl)C=C2)N1C1CCCCCC1. The molecule has 9 heteroatoms. The largest absolute Gasteiger partial charge is 0.351 e. The van der Waals surface area contributed by atoms with E-state index in [4.69, 9.17) is 23.0 Å². The second-order valence-corrected chi connectivity index (χ2v) is 6.80. The maximum Gasteiger partial charge on any atom is 0.264 e. The number of dihydropyridines is 1. The van der Waals surface area contributed by atoms with Gasteiger partial charge < -0.3 is 10.2 Å². The molecule has 1 saturated carbocycles. The normalized spacial score (nSPS) is 28.2. The second-order valence-electron chi connectivity index (χ2n) is 6.33. The maximum atomic E-state index is 12.8. The third-order valence-electron chi connectivity index (χ3n) is 4.85. The highest BCUT2D eigenvalue weighted by Crippen LogP contribution is 2.33. The van der Waals surface area contributed by atoms with E-state index in [9.17, 15) is 4.79 Å². The number of nitrogens with zero attached hydrogens (tertiary/aromatic N) is 5. The summed E-state index contributed by atoms with van der Waals surface area (Å²) in [6, 6.07) is -0.396. The quantitative estimate of drug-likeness (QED) is 0.119.